The molecule has 0 spiro atoms. The Balaban J connectivity index is 1.62. The van der Waals surface area contributed by atoms with Crippen LogP contribution in [0.2, 0.25) is 0 Å². The summed E-state index contributed by atoms with van der Waals surface area (Å²) in [6, 6.07) is 30.2. The second kappa shape index (κ2) is 9.64. The van der Waals surface area contributed by atoms with Crippen molar-refractivity contribution in [1.82, 2.24) is 0 Å². The SMILES string of the molecule is CC#CC(C)(OC(=O)c1ccc([S+](c2ccccc2)c2ccccc2)cc1)c1ccoc1. The van der Waals surface area contributed by atoms with Crippen LogP contribution in [-0.2, 0) is 21.2 Å². The van der Waals surface area contributed by atoms with E-state index in [0.29, 0.717) is 11.1 Å². The van der Waals surface area contributed by atoms with Crippen LogP contribution in [0.5, 0.6) is 0 Å². The molecule has 0 aliphatic heterocycles. The van der Waals surface area contributed by atoms with Crippen molar-refractivity contribution < 1.29 is 13.9 Å². The summed E-state index contributed by atoms with van der Waals surface area (Å²) in [6.45, 7) is 3.48. The van der Waals surface area contributed by atoms with E-state index in [1.54, 1.807) is 32.4 Å². The Morgan fingerprint density at radius 3 is 1.91 bits per heavy atom. The summed E-state index contributed by atoms with van der Waals surface area (Å²) in [5.41, 5.74) is 0.105. The Morgan fingerprint density at radius 1 is 0.844 bits per heavy atom. The van der Waals surface area contributed by atoms with Crippen LogP contribution in [0.1, 0.15) is 29.8 Å². The van der Waals surface area contributed by atoms with Gasteiger partial charge in [-0.1, -0.05) is 42.3 Å². The molecule has 1 atom stereocenters. The first-order valence-corrected chi connectivity index (χ1v) is 11.5. The predicted octanol–water partition coefficient (Wildman–Crippen LogP) is 6.47. The largest absolute Gasteiger partial charge is 0.472 e. The van der Waals surface area contributed by atoms with E-state index in [9.17, 15) is 4.79 Å². The molecule has 1 heterocycles. The predicted molar refractivity (Wildman–Crippen MR) is 126 cm³/mol. The molecule has 0 aliphatic carbocycles. The van der Waals surface area contributed by atoms with Gasteiger partial charge in [0.25, 0.3) is 0 Å². The molecule has 0 aliphatic rings. The van der Waals surface area contributed by atoms with Gasteiger partial charge < -0.3 is 9.15 Å². The van der Waals surface area contributed by atoms with Gasteiger partial charge in [-0.25, -0.2) is 4.79 Å². The topological polar surface area (TPSA) is 39.4 Å². The molecule has 3 nitrogen and oxygen atoms in total. The van der Waals surface area contributed by atoms with Crippen molar-refractivity contribution in [3.8, 4) is 11.8 Å². The second-order valence-electron chi connectivity index (χ2n) is 7.27. The highest BCUT2D eigenvalue weighted by atomic mass is 32.2. The summed E-state index contributed by atoms with van der Waals surface area (Å²) in [5, 5.41) is 0. The molecule has 1 aromatic heterocycles. The minimum atomic E-state index is -1.07. The van der Waals surface area contributed by atoms with Crippen LogP contribution in [0.4, 0.5) is 0 Å². The molecule has 0 N–H and O–H groups in total. The molecule has 158 valence electrons. The lowest BCUT2D eigenvalue weighted by Crippen LogP contribution is -2.27. The van der Waals surface area contributed by atoms with Crippen LogP contribution in [0.25, 0.3) is 0 Å². The van der Waals surface area contributed by atoms with Gasteiger partial charge in [0, 0.05) is 5.56 Å². The highest BCUT2D eigenvalue weighted by molar-refractivity contribution is 7.97. The summed E-state index contributed by atoms with van der Waals surface area (Å²) >= 11 is 0. The van der Waals surface area contributed by atoms with Crippen LogP contribution < -0.4 is 0 Å². The molecule has 4 rings (SSSR count). The van der Waals surface area contributed by atoms with Gasteiger partial charge in [0.15, 0.2) is 20.3 Å². The van der Waals surface area contributed by atoms with E-state index in [4.69, 9.17) is 9.15 Å². The molecule has 0 radical (unpaired) electrons. The Morgan fingerprint density at radius 2 is 1.41 bits per heavy atom. The smallest absolute Gasteiger partial charge is 0.339 e. The molecule has 0 saturated heterocycles. The lowest BCUT2D eigenvalue weighted by atomic mass is 9.99. The van der Waals surface area contributed by atoms with Crippen molar-refractivity contribution in [1.29, 1.82) is 0 Å². The zero-order valence-corrected chi connectivity index (χ0v) is 18.8. The van der Waals surface area contributed by atoms with E-state index in [2.05, 4.69) is 60.4 Å². The van der Waals surface area contributed by atoms with E-state index >= 15 is 0 Å². The first kappa shape index (κ1) is 21.5. The van der Waals surface area contributed by atoms with Gasteiger partial charge in [-0.05, 0) is 68.4 Å². The highest BCUT2D eigenvalue weighted by Crippen LogP contribution is 2.32. The van der Waals surface area contributed by atoms with E-state index in [0.717, 1.165) is 4.90 Å². The summed E-state index contributed by atoms with van der Waals surface area (Å²) in [7, 11) is -0.269. The highest BCUT2D eigenvalue weighted by Gasteiger charge is 2.32. The number of benzene rings is 3. The minimum absolute atomic E-state index is 0.269. The average molecular weight is 440 g/mol. The Labute approximate surface area is 191 Å². The fourth-order valence-corrected chi connectivity index (χ4v) is 5.51. The van der Waals surface area contributed by atoms with E-state index in [-0.39, 0.29) is 10.9 Å². The van der Waals surface area contributed by atoms with E-state index in [1.807, 2.05) is 36.4 Å². The normalized spacial score (nSPS) is 12.5. The van der Waals surface area contributed by atoms with Crippen molar-refractivity contribution >= 4 is 16.9 Å². The summed E-state index contributed by atoms with van der Waals surface area (Å²) in [6.07, 6.45) is 3.09. The van der Waals surface area contributed by atoms with Crippen LogP contribution in [0, 0.1) is 11.8 Å². The maximum Gasteiger partial charge on any atom is 0.339 e. The molecule has 4 heteroatoms. The van der Waals surface area contributed by atoms with Gasteiger partial charge in [0.2, 0.25) is 0 Å². The molecule has 3 aromatic carbocycles. The van der Waals surface area contributed by atoms with Gasteiger partial charge in [0.1, 0.15) is 0 Å². The van der Waals surface area contributed by atoms with Gasteiger partial charge in [-0.3, -0.25) is 0 Å². The fourth-order valence-electron chi connectivity index (χ4n) is 3.42. The fraction of sp³-hybridized carbons (Fsp3) is 0.107. The molecule has 0 bridgehead atoms. The number of furan rings is 1. The maximum absolute atomic E-state index is 12.9. The Kier molecular flexibility index (Phi) is 6.49. The molecule has 4 aromatic rings. The van der Waals surface area contributed by atoms with Crippen LogP contribution in [0.15, 0.2) is 123 Å². The number of carbonyl (C=O) groups excluding carboxylic acids is 1. The summed E-state index contributed by atoms with van der Waals surface area (Å²) in [5.74, 6) is 5.40. The second-order valence-corrected chi connectivity index (χ2v) is 9.29. The first-order chi connectivity index (χ1) is 15.6. The molecule has 0 saturated carbocycles. The Bertz CT molecular complexity index is 1180. The molecular formula is C28H23O3S+. The molecule has 0 fully saturated rings. The molecule has 0 amide bonds. The molecule has 32 heavy (non-hydrogen) atoms. The lowest BCUT2D eigenvalue weighted by molar-refractivity contribution is 0.0127. The number of hydrogen-bond acceptors (Lipinski definition) is 3. The quantitative estimate of drug-likeness (QED) is 0.196. The number of rotatable bonds is 6. The Hall–Kier alpha value is -3.68. The number of esters is 1. The van der Waals surface area contributed by atoms with Crippen molar-refractivity contribution in [2.45, 2.75) is 34.1 Å². The lowest BCUT2D eigenvalue weighted by Gasteiger charge is -2.22. The van der Waals surface area contributed by atoms with Crippen molar-refractivity contribution in [2.75, 3.05) is 0 Å². The number of hydrogen-bond donors (Lipinski definition) is 0. The maximum atomic E-state index is 12.9. The van der Waals surface area contributed by atoms with Crippen LogP contribution in [0.3, 0.4) is 0 Å². The monoisotopic (exact) mass is 439 g/mol. The molecular weight excluding hydrogens is 416 g/mol. The number of ether oxygens (including phenoxy) is 1. The van der Waals surface area contributed by atoms with Gasteiger partial charge in [-0.15, -0.1) is 5.92 Å². The summed E-state index contributed by atoms with van der Waals surface area (Å²) < 4.78 is 11.0. The first-order valence-electron chi connectivity index (χ1n) is 10.2. The van der Waals surface area contributed by atoms with Gasteiger partial charge in [0.05, 0.1) is 29.0 Å². The third kappa shape index (κ3) is 4.64. The zero-order valence-electron chi connectivity index (χ0n) is 17.9. The summed E-state index contributed by atoms with van der Waals surface area (Å²) in [4.78, 5) is 16.5. The third-order valence-corrected chi connectivity index (χ3v) is 7.25. The standard InChI is InChI=1S/C28H23O3S/c1-3-19-28(2,23-18-20-30-21-23)31-27(29)22-14-16-26(17-15-22)32(24-10-6-4-7-11-24)25-12-8-5-9-13-25/h4-18,20-21H,1-2H3/q+1. The minimum Gasteiger partial charge on any atom is -0.472 e. The molecule has 1 unspecified atom stereocenters. The number of carbonyl (C=O) groups is 1. The van der Waals surface area contributed by atoms with Gasteiger partial charge >= 0.3 is 5.97 Å². The third-order valence-electron chi connectivity index (χ3n) is 5.02. The van der Waals surface area contributed by atoms with Crippen LogP contribution in [-0.4, -0.2) is 5.97 Å². The van der Waals surface area contributed by atoms with Crippen molar-refractivity contribution in [3.05, 3.63) is 115 Å². The van der Waals surface area contributed by atoms with Crippen LogP contribution >= 0.6 is 0 Å². The zero-order chi connectivity index (χ0) is 22.4. The van der Waals surface area contributed by atoms with Gasteiger partial charge in [-0.2, -0.15) is 0 Å². The van der Waals surface area contributed by atoms with Crippen molar-refractivity contribution in [3.63, 3.8) is 0 Å². The van der Waals surface area contributed by atoms with E-state index < -0.39 is 11.6 Å². The average Bonchev–Trinajstić information content (AvgIpc) is 3.37. The van der Waals surface area contributed by atoms with Crippen molar-refractivity contribution in [2.24, 2.45) is 0 Å². The van der Waals surface area contributed by atoms with E-state index in [1.165, 1.54) is 9.79 Å².